The highest BCUT2D eigenvalue weighted by Crippen LogP contribution is 2.68. The Morgan fingerprint density at radius 3 is 1.43 bits per heavy atom. The van der Waals surface area contributed by atoms with Gasteiger partial charge in [-0.1, -0.05) is 52.7 Å². The second-order valence-electron chi connectivity index (χ2n) is 19.4. The minimum atomic E-state index is -0.791. The van der Waals surface area contributed by atoms with E-state index in [1.807, 2.05) is 12.2 Å². The number of rotatable bonds is 4. The molecule has 0 aromatic carbocycles. The molecule has 0 heterocycles. The number of hydrogen-bond donors (Lipinski definition) is 0. The third-order valence-electron chi connectivity index (χ3n) is 17.3. The van der Waals surface area contributed by atoms with Gasteiger partial charge in [0.15, 0.2) is 11.6 Å². The van der Waals surface area contributed by atoms with Crippen LogP contribution in [0.5, 0.6) is 0 Å². The van der Waals surface area contributed by atoms with Crippen LogP contribution in [0, 0.1) is 69.0 Å². The Bertz CT molecular complexity index is 1430. The van der Waals surface area contributed by atoms with E-state index in [4.69, 9.17) is 18.9 Å². The maximum Gasteiger partial charge on any atom is 0.511 e. The minimum absolute atomic E-state index is 0.0957. The number of ketones is 2. The van der Waals surface area contributed by atoms with Crippen LogP contribution in [0.4, 0.5) is 9.59 Å². The molecule has 14 atom stereocenters. The van der Waals surface area contributed by atoms with Crippen LogP contribution in [0.1, 0.15) is 131 Å². The van der Waals surface area contributed by atoms with Crippen molar-refractivity contribution < 1.29 is 38.1 Å². The van der Waals surface area contributed by atoms with E-state index >= 15 is 0 Å². The number of carbonyl (C=O) groups is 4. The first-order valence-corrected chi connectivity index (χ1v) is 20.3. The van der Waals surface area contributed by atoms with Crippen molar-refractivity contribution in [3.05, 3.63) is 23.3 Å². The molecule has 0 saturated heterocycles. The molecule has 6 saturated carbocycles. The molecule has 280 valence electrons. The first-order valence-electron chi connectivity index (χ1n) is 20.3. The Balaban J connectivity index is 0.837. The molecule has 14 unspecified atom stereocenters. The molecule has 0 aliphatic heterocycles. The van der Waals surface area contributed by atoms with Crippen LogP contribution in [-0.4, -0.2) is 42.9 Å². The molecule has 51 heavy (non-hydrogen) atoms. The third-order valence-corrected chi connectivity index (χ3v) is 17.3. The Kier molecular flexibility index (Phi) is 8.65. The molecule has 0 spiro atoms. The molecule has 0 aromatic heterocycles. The van der Waals surface area contributed by atoms with Crippen LogP contribution >= 0.6 is 0 Å². The number of allylic oxidation sites excluding steroid dienone is 2. The summed E-state index contributed by atoms with van der Waals surface area (Å²) in [4.78, 5) is 50.5. The van der Waals surface area contributed by atoms with E-state index in [9.17, 15) is 19.2 Å². The minimum Gasteiger partial charge on any atom is -0.430 e. The zero-order valence-electron chi connectivity index (χ0n) is 31.8. The van der Waals surface area contributed by atoms with Gasteiger partial charge in [0.2, 0.25) is 6.79 Å². The predicted molar refractivity (Wildman–Crippen MR) is 190 cm³/mol. The summed E-state index contributed by atoms with van der Waals surface area (Å²) >= 11 is 0. The quantitative estimate of drug-likeness (QED) is 0.211. The lowest BCUT2D eigenvalue weighted by molar-refractivity contribution is -0.123. The summed E-state index contributed by atoms with van der Waals surface area (Å²) in [7, 11) is 0. The van der Waals surface area contributed by atoms with Crippen molar-refractivity contribution in [2.75, 3.05) is 6.79 Å². The van der Waals surface area contributed by atoms with E-state index < -0.39 is 19.1 Å². The van der Waals surface area contributed by atoms with Crippen LogP contribution in [-0.2, 0) is 28.5 Å². The van der Waals surface area contributed by atoms with E-state index in [-0.39, 0.29) is 45.4 Å². The van der Waals surface area contributed by atoms with E-state index in [0.29, 0.717) is 60.2 Å². The van der Waals surface area contributed by atoms with Crippen molar-refractivity contribution in [2.24, 2.45) is 69.0 Å². The monoisotopic (exact) mass is 704 g/mol. The summed E-state index contributed by atoms with van der Waals surface area (Å²) in [5, 5.41) is 0. The topological polar surface area (TPSA) is 105 Å². The summed E-state index contributed by atoms with van der Waals surface area (Å²) in [6, 6.07) is 0. The average Bonchev–Trinajstić information content (AvgIpc) is 3.58. The molecule has 0 amide bonds. The fourth-order valence-corrected chi connectivity index (χ4v) is 14.5. The third kappa shape index (κ3) is 5.48. The Morgan fingerprint density at radius 1 is 0.608 bits per heavy atom. The number of fused-ring (bicyclic) bond motifs is 10. The van der Waals surface area contributed by atoms with Gasteiger partial charge in [0.1, 0.15) is 12.2 Å². The van der Waals surface area contributed by atoms with E-state index in [1.165, 1.54) is 11.1 Å². The van der Waals surface area contributed by atoms with Gasteiger partial charge >= 0.3 is 12.3 Å². The molecule has 6 fully saturated rings. The molecule has 8 aliphatic carbocycles. The SMILES string of the molecule is CC1CC2=CC(=O)CCC2(C)C2CCC3(C)C(OC(=O)OCOC(=O)OC4CCC5C6C(C)CC7=CC(=O)CCC7(C)C6CCC45C)CCC3C12. The molecule has 8 nitrogen and oxygen atoms in total. The maximum absolute atomic E-state index is 13.0. The van der Waals surface area contributed by atoms with Crippen molar-refractivity contribution in [1.29, 1.82) is 0 Å². The van der Waals surface area contributed by atoms with Crippen molar-refractivity contribution in [2.45, 2.75) is 144 Å². The summed E-state index contributed by atoms with van der Waals surface area (Å²) in [6.45, 7) is 13.5. The normalized spacial score (nSPS) is 48.4. The molecule has 8 rings (SSSR count). The van der Waals surface area contributed by atoms with Gasteiger partial charge in [-0.25, -0.2) is 9.59 Å². The van der Waals surface area contributed by atoms with Crippen LogP contribution < -0.4 is 0 Å². The molecular formula is C43H60O8. The summed E-state index contributed by atoms with van der Waals surface area (Å²) < 4.78 is 22.6. The van der Waals surface area contributed by atoms with Gasteiger partial charge in [0, 0.05) is 23.7 Å². The molecule has 8 aliphatic rings. The smallest absolute Gasteiger partial charge is 0.430 e. The second-order valence-corrected chi connectivity index (χ2v) is 19.4. The van der Waals surface area contributed by atoms with Gasteiger partial charge < -0.3 is 18.9 Å². The Morgan fingerprint density at radius 2 is 1.02 bits per heavy atom. The van der Waals surface area contributed by atoms with Gasteiger partial charge in [-0.3, -0.25) is 9.59 Å². The van der Waals surface area contributed by atoms with Crippen molar-refractivity contribution in [3.8, 4) is 0 Å². The lowest BCUT2D eigenvalue weighted by Crippen LogP contribution is -2.54. The second kappa shape index (κ2) is 12.5. The van der Waals surface area contributed by atoms with Gasteiger partial charge in [-0.05, 0) is 147 Å². The lowest BCUT2D eigenvalue weighted by atomic mass is 9.45. The summed E-state index contributed by atoms with van der Waals surface area (Å²) in [5.41, 5.74) is 2.67. The molecule has 8 heteroatoms. The largest absolute Gasteiger partial charge is 0.511 e. The fourth-order valence-electron chi connectivity index (χ4n) is 14.5. The zero-order chi connectivity index (χ0) is 36.1. The van der Waals surface area contributed by atoms with Crippen LogP contribution in [0.2, 0.25) is 0 Å². The van der Waals surface area contributed by atoms with E-state index in [0.717, 1.165) is 77.0 Å². The average molecular weight is 705 g/mol. The Labute approximate surface area is 304 Å². The highest BCUT2D eigenvalue weighted by molar-refractivity contribution is 5.92. The van der Waals surface area contributed by atoms with Crippen molar-refractivity contribution >= 4 is 23.9 Å². The number of hydrogen-bond acceptors (Lipinski definition) is 8. The van der Waals surface area contributed by atoms with E-state index in [1.54, 1.807) is 0 Å². The van der Waals surface area contributed by atoms with Gasteiger partial charge in [0.05, 0.1) is 0 Å². The van der Waals surface area contributed by atoms with Crippen molar-refractivity contribution in [1.82, 2.24) is 0 Å². The van der Waals surface area contributed by atoms with Crippen LogP contribution in [0.15, 0.2) is 23.3 Å². The van der Waals surface area contributed by atoms with Gasteiger partial charge in [-0.15, -0.1) is 0 Å². The molecule has 0 bridgehead atoms. The highest BCUT2D eigenvalue weighted by Gasteiger charge is 2.63. The Hall–Kier alpha value is -2.64. The summed E-state index contributed by atoms with van der Waals surface area (Å²) in [5.74, 6) is 4.67. The van der Waals surface area contributed by atoms with E-state index in [2.05, 4.69) is 41.5 Å². The molecule has 0 aromatic rings. The fraction of sp³-hybridized carbons (Fsp3) is 0.814. The lowest BCUT2D eigenvalue weighted by Gasteiger charge is -2.59. The first-order chi connectivity index (χ1) is 24.2. The van der Waals surface area contributed by atoms with Gasteiger partial charge in [0.25, 0.3) is 0 Å². The molecule has 0 N–H and O–H groups in total. The van der Waals surface area contributed by atoms with Crippen LogP contribution in [0.3, 0.4) is 0 Å². The highest BCUT2D eigenvalue weighted by atomic mass is 16.8. The summed E-state index contributed by atoms with van der Waals surface area (Å²) in [6.07, 6.45) is 14.8. The standard InChI is InChI=1S/C43H60O8/c1-24-19-26-21-28(44)11-15-40(26,3)32-13-17-42(5)30(36(24)32)7-9-34(42)50-38(46)48-23-49-39(47)51-35-10-8-31-37-25(2)20-27-22-29(45)12-16-41(27,4)33(37)14-18-43(31,35)6/h21-22,24-25,30-37H,7-20,23H2,1-6H3. The maximum atomic E-state index is 13.0. The zero-order valence-corrected chi connectivity index (χ0v) is 31.8. The first kappa shape index (κ1) is 35.4. The predicted octanol–water partition coefficient (Wildman–Crippen LogP) is 9.54. The number of ether oxygens (including phenoxy) is 4. The van der Waals surface area contributed by atoms with Crippen molar-refractivity contribution in [3.63, 3.8) is 0 Å². The molecule has 0 radical (unpaired) electrons. The van der Waals surface area contributed by atoms with Crippen LogP contribution in [0.25, 0.3) is 0 Å². The molecular weight excluding hydrogens is 644 g/mol. The van der Waals surface area contributed by atoms with Gasteiger partial charge in [-0.2, -0.15) is 0 Å². The number of carbonyl (C=O) groups excluding carboxylic acids is 4.